The first-order valence-corrected chi connectivity index (χ1v) is 11.5. The number of piperazine rings is 1. The van der Waals surface area contributed by atoms with E-state index in [1.807, 2.05) is 60.7 Å². The third kappa shape index (κ3) is 5.40. The number of nitrogens with zero attached hydrogens (tertiary/aromatic N) is 2. The summed E-state index contributed by atoms with van der Waals surface area (Å²) in [6.07, 6.45) is 1.18. The Labute approximate surface area is 194 Å². The number of hydrogen-bond donors (Lipinski definition) is 1. The maximum absolute atomic E-state index is 12.7. The minimum atomic E-state index is -0.182. The fourth-order valence-electron chi connectivity index (χ4n) is 4.10. The number of nitrogens with one attached hydrogen (secondary N) is 1. The van der Waals surface area contributed by atoms with Crippen molar-refractivity contribution in [3.8, 4) is 0 Å². The highest BCUT2D eigenvalue weighted by molar-refractivity contribution is 5.98. The van der Waals surface area contributed by atoms with E-state index in [1.54, 1.807) is 15.9 Å². The first-order valence-electron chi connectivity index (χ1n) is 11.5. The monoisotopic (exact) mass is 443 g/mol. The van der Waals surface area contributed by atoms with Gasteiger partial charge in [-0.3, -0.25) is 14.4 Å². The summed E-state index contributed by atoms with van der Waals surface area (Å²) in [5.74, 6) is -0.182. The first-order chi connectivity index (χ1) is 16.0. The van der Waals surface area contributed by atoms with E-state index in [1.165, 1.54) is 5.56 Å². The van der Waals surface area contributed by atoms with Crippen LogP contribution >= 0.6 is 0 Å². The average molecular weight is 444 g/mol. The molecule has 0 atom stereocenters. The largest absolute Gasteiger partial charge is 0.352 e. The highest BCUT2D eigenvalue weighted by Crippen LogP contribution is 2.16. The summed E-state index contributed by atoms with van der Waals surface area (Å²) in [4.78, 5) is 41.3. The van der Waals surface area contributed by atoms with Crippen molar-refractivity contribution in [1.29, 1.82) is 0 Å². The van der Waals surface area contributed by atoms with Gasteiger partial charge in [0, 0.05) is 50.3 Å². The minimum Gasteiger partial charge on any atom is -0.352 e. The molecule has 3 aromatic rings. The predicted molar refractivity (Wildman–Crippen MR) is 129 cm³/mol. The lowest BCUT2D eigenvalue weighted by Crippen LogP contribution is -2.51. The van der Waals surface area contributed by atoms with Gasteiger partial charge >= 0.3 is 0 Å². The SMILES string of the molecule is CCc1ccc(C(=O)N2CCN(C(=O)CCNC(=O)c3ccc4ccccc4c3)CC2)cc1. The van der Waals surface area contributed by atoms with Crippen molar-refractivity contribution in [3.05, 3.63) is 83.4 Å². The van der Waals surface area contributed by atoms with Crippen molar-refractivity contribution in [2.45, 2.75) is 19.8 Å². The fraction of sp³-hybridized carbons (Fsp3) is 0.296. The Morgan fingerprint density at radius 1 is 0.788 bits per heavy atom. The van der Waals surface area contributed by atoms with Gasteiger partial charge in [0.1, 0.15) is 0 Å². The summed E-state index contributed by atoms with van der Waals surface area (Å²) in [6, 6.07) is 21.2. The Balaban J connectivity index is 1.22. The smallest absolute Gasteiger partial charge is 0.253 e. The minimum absolute atomic E-state index is 0.00629. The molecule has 3 aromatic carbocycles. The van der Waals surface area contributed by atoms with Gasteiger partial charge in [0.15, 0.2) is 0 Å². The Kier molecular flexibility index (Phi) is 7.03. The average Bonchev–Trinajstić information content (AvgIpc) is 2.88. The molecular formula is C27H29N3O3. The molecule has 0 unspecified atom stereocenters. The second-order valence-corrected chi connectivity index (χ2v) is 8.29. The van der Waals surface area contributed by atoms with Crippen LogP contribution in [0.1, 0.15) is 39.6 Å². The van der Waals surface area contributed by atoms with E-state index < -0.39 is 0 Å². The van der Waals surface area contributed by atoms with Crippen LogP contribution < -0.4 is 5.32 Å². The van der Waals surface area contributed by atoms with Gasteiger partial charge in [-0.1, -0.05) is 49.4 Å². The van der Waals surface area contributed by atoms with E-state index in [9.17, 15) is 14.4 Å². The number of fused-ring (bicyclic) bond motifs is 1. The maximum Gasteiger partial charge on any atom is 0.253 e. The summed E-state index contributed by atoms with van der Waals surface area (Å²) < 4.78 is 0. The summed E-state index contributed by atoms with van der Waals surface area (Å²) in [5.41, 5.74) is 2.47. The molecule has 33 heavy (non-hydrogen) atoms. The van der Waals surface area contributed by atoms with Crippen molar-refractivity contribution in [3.63, 3.8) is 0 Å². The molecule has 0 aliphatic carbocycles. The predicted octanol–water partition coefficient (Wildman–Crippen LogP) is 3.51. The van der Waals surface area contributed by atoms with Gasteiger partial charge in [0.05, 0.1) is 0 Å². The Morgan fingerprint density at radius 3 is 2.12 bits per heavy atom. The fourth-order valence-corrected chi connectivity index (χ4v) is 4.10. The van der Waals surface area contributed by atoms with E-state index in [0.717, 1.165) is 17.2 Å². The van der Waals surface area contributed by atoms with Crippen molar-refractivity contribution in [2.24, 2.45) is 0 Å². The van der Waals surface area contributed by atoms with Crippen molar-refractivity contribution >= 4 is 28.5 Å². The van der Waals surface area contributed by atoms with Crippen LogP contribution in [0.3, 0.4) is 0 Å². The molecule has 1 N–H and O–H groups in total. The van der Waals surface area contributed by atoms with Gasteiger partial charge in [-0.25, -0.2) is 0 Å². The van der Waals surface area contributed by atoms with Crippen LogP contribution in [0.15, 0.2) is 66.7 Å². The van der Waals surface area contributed by atoms with Crippen molar-refractivity contribution in [1.82, 2.24) is 15.1 Å². The Hall–Kier alpha value is -3.67. The van der Waals surface area contributed by atoms with Gasteiger partial charge in [-0.15, -0.1) is 0 Å². The van der Waals surface area contributed by atoms with Gasteiger partial charge in [0.25, 0.3) is 11.8 Å². The molecule has 0 saturated carbocycles. The summed E-state index contributed by atoms with van der Waals surface area (Å²) in [5, 5.41) is 4.93. The van der Waals surface area contributed by atoms with Crippen molar-refractivity contribution in [2.75, 3.05) is 32.7 Å². The molecule has 1 heterocycles. The van der Waals surface area contributed by atoms with Crippen LogP contribution in [-0.2, 0) is 11.2 Å². The molecular weight excluding hydrogens is 414 g/mol. The molecule has 6 heteroatoms. The summed E-state index contributed by atoms with van der Waals surface area (Å²) in [6.45, 7) is 4.43. The molecule has 1 saturated heterocycles. The number of carbonyl (C=O) groups excluding carboxylic acids is 3. The molecule has 4 rings (SSSR count). The second kappa shape index (κ2) is 10.3. The highest BCUT2D eigenvalue weighted by atomic mass is 16.2. The normalized spacial score (nSPS) is 13.7. The van der Waals surface area contributed by atoms with E-state index in [4.69, 9.17) is 0 Å². The third-order valence-electron chi connectivity index (χ3n) is 6.16. The molecule has 0 aromatic heterocycles. The standard InChI is InChI=1S/C27H29N3O3/c1-2-20-7-9-22(10-8-20)27(33)30-17-15-29(16-18-30)25(31)13-14-28-26(32)24-12-11-21-5-3-4-6-23(21)19-24/h3-12,19H,2,13-18H2,1H3,(H,28,32). The van der Waals surface area contributed by atoms with Gasteiger partial charge in [0.2, 0.25) is 5.91 Å². The van der Waals surface area contributed by atoms with Crippen LogP contribution in [0.4, 0.5) is 0 Å². The number of carbonyl (C=O) groups is 3. The lowest BCUT2D eigenvalue weighted by Gasteiger charge is -2.35. The van der Waals surface area contributed by atoms with E-state index >= 15 is 0 Å². The molecule has 1 aliphatic rings. The lowest BCUT2D eigenvalue weighted by atomic mass is 10.1. The molecule has 0 spiro atoms. The van der Waals surface area contributed by atoms with Crippen molar-refractivity contribution < 1.29 is 14.4 Å². The lowest BCUT2D eigenvalue weighted by molar-refractivity contribution is -0.132. The summed E-state index contributed by atoms with van der Waals surface area (Å²) >= 11 is 0. The molecule has 170 valence electrons. The third-order valence-corrected chi connectivity index (χ3v) is 6.16. The molecule has 1 fully saturated rings. The maximum atomic E-state index is 12.7. The quantitative estimate of drug-likeness (QED) is 0.634. The first kappa shape index (κ1) is 22.5. The molecule has 3 amide bonds. The zero-order valence-corrected chi connectivity index (χ0v) is 18.9. The molecule has 0 radical (unpaired) electrons. The van der Waals surface area contributed by atoms with Crippen LogP contribution in [0.2, 0.25) is 0 Å². The molecule has 1 aliphatic heterocycles. The van der Waals surface area contributed by atoms with Gasteiger partial charge in [-0.05, 0) is 47.0 Å². The number of rotatable bonds is 6. The summed E-state index contributed by atoms with van der Waals surface area (Å²) in [7, 11) is 0. The van der Waals surface area contributed by atoms with Crippen LogP contribution in [0.5, 0.6) is 0 Å². The number of benzene rings is 3. The van der Waals surface area contributed by atoms with E-state index in [2.05, 4.69) is 12.2 Å². The molecule has 6 nitrogen and oxygen atoms in total. The molecule has 0 bridgehead atoms. The highest BCUT2D eigenvalue weighted by Gasteiger charge is 2.24. The van der Waals surface area contributed by atoms with Gasteiger partial charge in [-0.2, -0.15) is 0 Å². The van der Waals surface area contributed by atoms with E-state index in [-0.39, 0.29) is 30.7 Å². The van der Waals surface area contributed by atoms with Crippen LogP contribution in [0, 0.1) is 0 Å². The topological polar surface area (TPSA) is 69.7 Å². The second-order valence-electron chi connectivity index (χ2n) is 8.29. The van der Waals surface area contributed by atoms with Gasteiger partial charge < -0.3 is 15.1 Å². The zero-order valence-electron chi connectivity index (χ0n) is 18.9. The number of hydrogen-bond acceptors (Lipinski definition) is 3. The Bertz CT molecular complexity index is 1150. The zero-order chi connectivity index (χ0) is 23.2. The van der Waals surface area contributed by atoms with Crippen LogP contribution in [-0.4, -0.2) is 60.2 Å². The Morgan fingerprint density at radius 2 is 1.42 bits per heavy atom. The number of amides is 3. The van der Waals surface area contributed by atoms with E-state index in [0.29, 0.717) is 37.3 Å². The van der Waals surface area contributed by atoms with Crippen LogP contribution in [0.25, 0.3) is 10.8 Å². The number of aryl methyl sites for hydroxylation is 1.